The van der Waals surface area contributed by atoms with Gasteiger partial charge in [-0.1, -0.05) is 18.2 Å². The first-order valence-electron chi connectivity index (χ1n) is 9.83. The van der Waals surface area contributed by atoms with Gasteiger partial charge in [-0.15, -0.1) is 0 Å². The molecule has 1 aliphatic heterocycles. The van der Waals surface area contributed by atoms with Gasteiger partial charge in [-0.05, 0) is 30.7 Å². The second-order valence-corrected chi connectivity index (χ2v) is 7.11. The SMILES string of the molecule is CCOC/C=C/c1ccc2nccc(C(=O)NCC(=O)N3CC(F)(F)CC3C#N)c2c1. The van der Waals surface area contributed by atoms with Crippen LogP contribution >= 0.6 is 0 Å². The summed E-state index contributed by atoms with van der Waals surface area (Å²) >= 11 is 0. The molecule has 31 heavy (non-hydrogen) atoms. The molecule has 1 aliphatic rings. The Balaban J connectivity index is 1.72. The van der Waals surface area contributed by atoms with Crippen molar-refractivity contribution >= 4 is 28.8 Å². The zero-order chi connectivity index (χ0) is 22.4. The Morgan fingerprint density at radius 3 is 2.97 bits per heavy atom. The first kappa shape index (κ1) is 22.3. The molecule has 2 aromatic rings. The third-order valence-electron chi connectivity index (χ3n) is 4.88. The lowest BCUT2D eigenvalue weighted by Gasteiger charge is -2.19. The van der Waals surface area contributed by atoms with E-state index in [1.165, 1.54) is 12.3 Å². The molecule has 2 amide bonds. The van der Waals surface area contributed by atoms with Gasteiger partial charge in [-0.3, -0.25) is 14.6 Å². The van der Waals surface area contributed by atoms with Crippen molar-refractivity contribution in [2.75, 3.05) is 26.3 Å². The van der Waals surface area contributed by atoms with Crippen molar-refractivity contribution in [1.29, 1.82) is 5.26 Å². The van der Waals surface area contributed by atoms with Crippen molar-refractivity contribution in [3.63, 3.8) is 0 Å². The summed E-state index contributed by atoms with van der Waals surface area (Å²) in [6.07, 6.45) is 4.51. The fraction of sp³-hybridized carbons (Fsp3) is 0.364. The van der Waals surface area contributed by atoms with Crippen LogP contribution in [0.1, 0.15) is 29.3 Å². The summed E-state index contributed by atoms with van der Waals surface area (Å²) < 4.78 is 32.4. The van der Waals surface area contributed by atoms with Gasteiger partial charge in [0.1, 0.15) is 6.04 Å². The number of hydrogen-bond donors (Lipinski definition) is 1. The summed E-state index contributed by atoms with van der Waals surface area (Å²) in [4.78, 5) is 30.1. The van der Waals surface area contributed by atoms with E-state index in [9.17, 15) is 18.4 Å². The maximum Gasteiger partial charge on any atom is 0.268 e. The average Bonchev–Trinajstić information content (AvgIpc) is 3.09. The lowest BCUT2D eigenvalue weighted by molar-refractivity contribution is -0.131. The number of hydrogen-bond acceptors (Lipinski definition) is 5. The molecule has 1 aromatic heterocycles. The maximum atomic E-state index is 13.5. The van der Waals surface area contributed by atoms with Crippen molar-refractivity contribution in [3.8, 4) is 6.07 Å². The monoisotopic (exact) mass is 428 g/mol. The largest absolute Gasteiger partial charge is 0.378 e. The third kappa shape index (κ3) is 5.41. The van der Waals surface area contributed by atoms with E-state index >= 15 is 0 Å². The van der Waals surface area contributed by atoms with E-state index in [-0.39, 0.29) is 0 Å². The van der Waals surface area contributed by atoms with Gasteiger partial charge in [-0.25, -0.2) is 8.78 Å². The van der Waals surface area contributed by atoms with E-state index in [4.69, 9.17) is 10.00 Å². The predicted octanol–water partition coefficient (Wildman–Crippen LogP) is 2.77. The molecule has 1 N–H and O–H groups in total. The molecule has 0 saturated carbocycles. The number of ether oxygens (including phenoxy) is 1. The number of alkyl halides is 2. The van der Waals surface area contributed by atoms with Crippen LogP contribution in [0.15, 0.2) is 36.5 Å². The van der Waals surface area contributed by atoms with Gasteiger partial charge >= 0.3 is 0 Å². The number of nitrogens with one attached hydrogen (secondary N) is 1. The Hall–Kier alpha value is -3.38. The number of rotatable bonds is 7. The van der Waals surface area contributed by atoms with Gasteiger partial charge < -0.3 is 15.0 Å². The van der Waals surface area contributed by atoms with Crippen LogP contribution in [0.3, 0.4) is 0 Å². The molecule has 1 aromatic carbocycles. The van der Waals surface area contributed by atoms with E-state index < -0.39 is 43.3 Å². The van der Waals surface area contributed by atoms with Crippen LogP contribution < -0.4 is 5.32 Å². The molecule has 1 fully saturated rings. The Bertz CT molecular complexity index is 1050. The fourth-order valence-corrected chi connectivity index (χ4v) is 3.38. The second kappa shape index (κ2) is 9.62. The van der Waals surface area contributed by atoms with Crippen molar-refractivity contribution < 1.29 is 23.1 Å². The predicted molar refractivity (Wildman–Crippen MR) is 110 cm³/mol. The molecule has 2 heterocycles. The first-order chi connectivity index (χ1) is 14.8. The number of aromatic nitrogens is 1. The Morgan fingerprint density at radius 1 is 1.42 bits per heavy atom. The van der Waals surface area contributed by atoms with Crippen molar-refractivity contribution in [2.24, 2.45) is 0 Å². The molecule has 0 radical (unpaired) electrons. The van der Waals surface area contributed by atoms with Gasteiger partial charge in [-0.2, -0.15) is 5.26 Å². The minimum Gasteiger partial charge on any atom is -0.378 e. The van der Waals surface area contributed by atoms with E-state index in [1.54, 1.807) is 18.2 Å². The van der Waals surface area contributed by atoms with Crippen LogP contribution in [0, 0.1) is 11.3 Å². The van der Waals surface area contributed by atoms with Crippen molar-refractivity contribution in [3.05, 3.63) is 47.7 Å². The van der Waals surface area contributed by atoms with Gasteiger partial charge in [0.05, 0.1) is 36.8 Å². The molecule has 0 bridgehead atoms. The topological polar surface area (TPSA) is 95.3 Å². The standard InChI is InChI=1S/C22H22F2N4O3/c1-2-31-9-3-4-15-5-6-19-18(10-15)17(7-8-26-19)21(30)27-13-20(29)28-14-22(23,24)11-16(28)12-25/h3-8,10,16H,2,9,11,13-14H2,1H3,(H,27,30)/b4-3+. The average molecular weight is 428 g/mol. The Morgan fingerprint density at radius 2 is 2.23 bits per heavy atom. The fourth-order valence-electron chi connectivity index (χ4n) is 3.38. The highest BCUT2D eigenvalue weighted by atomic mass is 19.3. The van der Waals surface area contributed by atoms with Crippen LogP contribution in [0.2, 0.25) is 0 Å². The van der Waals surface area contributed by atoms with Crippen LogP contribution in [-0.2, 0) is 9.53 Å². The van der Waals surface area contributed by atoms with Crippen LogP contribution in [0.4, 0.5) is 8.78 Å². The second-order valence-electron chi connectivity index (χ2n) is 7.11. The molecule has 9 heteroatoms. The highest BCUT2D eigenvalue weighted by molar-refractivity contribution is 6.07. The summed E-state index contributed by atoms with van der Waals surface area (Å²) in [5.41, 5.74) is 1.76. The summed E-state index contributed by atoms with van der Waals surface area (Å²) in [7, 11) is 0. The zero-order valence-corrected chi connectivity index (χ0v) is 17.0. The van der Waals surface area contributed by atoms with E-state index in [0.717, 1.165) is 10.5 Å². The summed E-state index contributed by atoms with van der Waals surface area (Å²) in [5.74, 6) is -4.36. The number of pyridine rings is 1. The molecule has 0 spiro atoms. The van der Waals surface area contributed by atoms with E-state index in [0.29, 0.717) is 29.7 Å². The van der Waals surface area contributed by atoms with Crippen molar-refractivity contribution in [2.45, 2.75) is 25.3 Å². The number of likely N-dealkylation sites (tertiary alicyclic amines) is 1. The number of fused-ring (bicyclic) bond motifs is 1. The molecule has 162 valence electrons. The van der Waals surface area contributed by atoms with Crippen LogP contribution in [0.5, 0.6) is 0 Å². The van der Waals surface area contributed by atoms with Crippen molar-refractivity contribution in [1.82, 2.24) is 15.2 Å². The molecule has 1 unspecified atom stereocenters. The smallest absolute Gasteiger partial charge is 0.268 e. The molecular formula is C22H22F2N4O3. The summed E-state index contributed by atoms with van der Waals surface area (Å²) in [6, 6.07) is 7.48. The first-order valence-corrected chi connectivity index (χ1v) is 9.83. The molecule has 3 rings (SSSR count). The third-order valence-corrected chi connectivity index (χ3v) is 4.88. The van der Waals surface area contributed by atoms with Gasteiger partial charge in [0, 0.05) is 24.6 Å². The van der Waals surface area contributed by atoms with E-state index in [1.807, 2.05) is 25.1 Å². The molecule has 7 nitrogen and oxygen atoms in total. The van der Waals surface area contributed by atoms with Crippen LogP contribution in [-0.4, -0.2) is 60.0 Å². The van der Waals surface area contributed by atoms with Gasteiger partial charge in [0.25, 0.3) is 11.8 Å². The number of carbonyl (C=O) groups is 2. The highest BCUT2D eigenvalue weighted by Gasteiger charge is 2.47. The number of nitriles is 1. The van der Waals surface area contributed by atoms with Gasteiger partial charge in [0.2, 0.25) is 5.91 Å². The zero-order valence-electron chi connectivity index (χ0n) is 17.0. The number of halogens is 2. The maximum absolute atomic E-state index is 13.5. The highest BCUT2D eigenvalue weighted by Crippen LogP contribution is 2.31. The Kier molecular flexibility index (Phi) is 6.92. The minimum absolute atomic E-state index is 0.307. The van der Waals surface area contributed by atoms with Gasteiger partial charge in [0.15, 0.2) is 0 Å². The lowest BCUT2D eigenvalue weighted by Crippen LogP contribution is -2.43. The van der Waals surface area contributed by atoms with E-state index in [2.05, 4.69) is 10.3 Å². The molecule has 1 saturated heterocycles. The van der Waals surface area contributed by atoms with Crippen LogP contribution in [0.25, 0.3) is 17.0 Å². The number of benzene rings is 1. The quantitative estimate of drug-likeness (QED) is 0.685. The molecule has 0 aliphatic carbocycles. The number of nitrogens with zero attached hydrogens (tertiary/aromatic N) is 3. The summed E-state index contributed by atoms with van der Waals surface area (Å²) in [5, 5.41) is 12.1. The molecular weight excluding hydrogens is 406 g/mol. The number of amides is 2. The Labute approximate surface area is 178 Å². The summed E-state index contributed by atoms with van der Waals surface area (Å²) in [6.45, 7) is 1.68. The number of carbonyl (C=O) groups excluding carboxylic acids is 2. The lowest BCUT2D eigenvalue weighted by atomic mass is 10.0. The molecule has 1 atom stereocenters. The minimum atomic E-state index is -3.10. The normalized spacial score (nSPS) is 17.7.